The van der Waals surface area contributed by atoms with E-state index in [1.165, 1.54) is 5.56 Å². The van der Waals surface area contributed by atoms with Crippen LogP contribution in [-0.2, 0) is 6.42 Å². The van der Waals surface area contributed by atoms with Crippen LogP contribution in [0.3, 0.4) is 0 Å². The topological polar surface area (TPSA) is 48.1 Å². The molecule has 3 nitrogen and oxygen atoms in total. The van der Waals surface area contributed by atoms with Crippen LogP contribution in [0.1, 0.15) is 22.9 Å². The molecule has 0 saturated carbocycles. The highest BCUT2D eigenvalue weighted by Gasteiger charge is 2.08. The van der Waals surface area contributed by atoms with Gasteiger partial charge in [-0.05, 0) is 48.7 Å². The Kier molecular flexibility index (Phi) is 3.95. The summed E-state index contributed by atoms with van der Waals surface area (Å²) in [6.07, 6.45) is 2.59. The third kappa shape index (κ3) is 3.08. The summed E-state index contributed by atoms with van der Waals surface area (Å²) in [6, 6.07) is 12.0. The highest BCUT2D eigenvalue weighted by Crippen LogP contribution is 2.19. The Balaban J connectivity index is 2.13. The van der Waals surface area contributed by atoms with E-state index >= 15 is 0 Å². The minimum atomic E-state index is -0.0150. The van der Waals surface area contributed by atoms with E-state index in [1.54, 1.807) is 13.3 Å². The predicted octanol–water partition coefficient (Wildman–Crippen LogP) is 2.64. The Morgan fingerprint density at radius 1 is 1.28 bits per heavy atom. The summed E-state index contributed by atoms with van der Waals surface area (Å²) in [4.78, 5) is 4.18. The number of rotatable bonds is 4. The lowest BCUT2D eigenvalue weighted by atomic mass is 10.00. The van der Waals surface area contributed by atoms with E-state index in [-0.39, 0.29) is 6.04 Å². The molecule has 0 aliphatic rings. The Labute approximate surface area is 108 Å². The minimum absolute atomic E-state index is 0.0150. The zero-order valence-corrected chi connectivity index (χ0v) is 10.8. The number of hydrogen-bond donors (Lipinski definition) is 1. The maximum absolute atomic E-state index is 6.22. The van der Waals surface area contributed by atoms with Gasteiger partial charge in [-0.25, -0.2) is 0 Å². The molecular formula is C15H18N2O. The lowest BCUT2D eigenvalue weighted by molar-refractivity contribution is 0.414. The van der Waals surface area contributed by atoms with E-state index in [2.05, 4.69) is 11.1 Å². The predicted molar refractivity (Wildman–Crippen MR) is 72.6 cm³/mol. The largest absolute Gasteiger partial charge is 0.497 e. The van der Waals surface area contributed by atoms with E-state index in [4.69, 9.17) is 10.5 Å². The van der Waals surface area contributed by atoms with Crippen LogP contribution in [0.2, 0.25) is 0 Å². The Morgan fingerprint density at radius 2 is 2.11 bits per heavy atom. The van der Waals surface area contributed by atoms with Crippen molar-refractivity contribution >= 4 is 0 Å². The van der Waals surface area contributed by atoms with Gasteiger partial charge in [-0.2, -0.15) is 0 Å². The molecule has 2 N–H and O–H groups in total. The third-order valence-corrected chi connectivity index (χ3v) is 2.94. The summed E-state index contributed by atoms with van der Waals surface area (Å²) < 4.78 is 5.21. The number of nitrogens with zero attached hydrogens (tertiary/aromatic N) is 1. The van der Waals surface area contributed by atoms with E-state index in [1.807, 2.05) is 37.3 Å². The molecule has 0 saturated heterocycles. The number of methoxy groups -OCH3 is 1. The van der Waals surface area contributed by atoms with Crippen molar-refractivity contribution in [3.8, 4) is 5.75 Å². The second kappa shape index (κ2) is 5.65. The molecule has 2 aromatic rings. The summed E-state index contributed by atoms with van der Waals surface area (Å²) in [5, 5.41) is 0. The zero-order valence-electron chi connectivity index (χ0n) is 10.8. The molecule has 0 spiro atoms. The van der Waals surface area contributed by atoms with Crippen LogP contribution in [-0.4, -0.2) is 12.1 Å². The molecular weight excluding hydrogens is 224 g/mol. The number of hydrogen-bond acceptors (Lipinski definition) is 3. The molecule has 0 aliphatic heterocycles. The normalized spacial score (nSPS) is 12.2. The van der Waals surface area contributed by atoms with Crippen molar-refractivity contribution in [3.63, 3.8) is 0 Å². The number of pyridine rings is 1. The smallest absolute Gasteiger partial charge is 0.119 e. The van der Waals surface area contributed by atoms with E-state index in [9.17, 15) is 0 Å². The van der Waals surface area contributed by atoms with Gasteiger partial charge >= 0.3 is 0 Å². The summed E-state index contributed by atoms with van der Waals surface area (Å²) in [5.74, 6) is 0.866. The minimum Gasteiger partial charge on any atom is -0.497 e. The van der Waals surface area contributed by atoms with E-state index in [0.29, 0.717) is 0 Å². The first-order valence-electron chi connectivity index (χ1n) is 6.00. The Hall–Kier alpha value is -1.87. The van der Waals surface area contributed by atoms with Crippen molar-refractivity contribution in [3.05, 3.63) is 59.4 Å². The van der Waals surface area contributed by atoms with Gasteiger partial charge < -0.3 is 10.5 Å². The van der Waals surface area contributed by atoms with Crippen molar-refractivity contribution in [1.29, 1.82) is 0 Å². The lowest BCUT2D eigenvalue weighted by Gasteiger charge is -2.13. The first-order chi connectivity index (χ1) is 8.69. The second-order valence-electron chi connectivity index (χ2n) is 4.39. The molecule has 1 heterocycles. The van der Waals surface area contributed by atoms with Crippen LogP contribution < -0.4 is 10.5 Å². The van der Waals surface area contributed by atoms with Gasteiger partial charge in [0.2, 0.25) is 0 Å². The number of nitrogens with two attached hydrogens (primary N) is 1. The van der Waals surface area contributed by atoms with Crippen LogP contribution in [0, 0.1) is 6.92 Å². The van der Waals surface area contributed by atoms with Gasteiger partial charge in [0.1, 0.15) is 5.75 Å². The van der Waals surface area contributed by atoms with E-state index < -0.39 is 0 Å². The summed E-state index contributed by atoms with van der Waals surface area (Å²) in [7, 11) is 1.67. The van der Waals surface area contributed by atoms with Gasteiger partial charge in [0.15, 0.2) is 0 Å². The van der Waals surface area contributed by atoms with Crippen molar-refractivity contribution < 1.29 is 4.74 Å². The molecule has 0 bridgehead atoms. The van der Waals surface area contributed by atoms with Crippen molar-refractivity contribution in [2.75, 3.05) is 7.11 Å². The molecule has 0 radical (unpaired) electrons. The molecule has 1 aromatic heterocycles. The third-order valence-electron chi connectivity index (χ3n) is 2.94. The van der Waals surface area contributed by atoms with Gasteiger partial charge in [-0.1, -0.05) is 12.1 Å². The molecule has 3 heteroatoms. The van der Waals surface area contributed by atoms with Gasteiger partial charge in [-0.3, -0.25) is 4.98 Å². The van der Waals surface area contributed by atoms with Crippen molar-refractivity contribution in [2.45, 2.75) is 19.4 Å². The average molecular weight is 242 g/mol. The SMILES string of the molecule is COc1cccc(CC(N)c2ccnc(C)c2)c1. The molecule has 0 amide bonds. The van der Waals surface area contributed by atoms with Gasteiger partial charge in [0.05, 0.1) is 7.11 Å². The fourth-order valence-corrected chi connectivity index (χ4v) is 1.97. The lowest BCUT2D eigenvalue weighted by Crippen LogP contribution is -2.13. The number of aryl methyl sites for hydroxylation is 1. The standard InChI is InChI=1S/C15H18N2O/c1-11-8-13(6-7-17-11)15(16)10-12-4-3-5-14(9-12)18-2/h3-9,15H,10,16H2,1-2H3. The first-order valence-corrected chi connectivity index (χ1v) is 6.00. The highest BCUT2D eigenvalue weighted by molar-refractivity contribution is 5.30. The molecule has 0 aliphatic carbocycles. The molecule has 18 heavy (non-hydrogen) atoms. The van der Waals surface area contributed by atoms with Gasteiger partial charge in [0, 0.05) is 17.9 Å². The molecule has 1 unspecified atom stereocenters. The summed E-state index contributed by atoms with van der Waals surface area (Å²) in [6.45, 7) is 1.97. The van der Waals surface area contributed by atoms with Crippen LogP contribution >= 0.6 is 0 Å². The quantitative estimate of drug-likeness (QED) is 0.896. The summed E-state index contributed by atoms with van der Waals surface area (Å²) in [5.41, 5.74) is 9.51. The molecule has 2 rings (SSSR count). The van der Waals surface area contributed by atoms with Crippen LogP contribution in [0.15, 0.2) is 42.6 Å². The van der Waals surface area contributed by atoms with E-state index in [0.717, 1.165) is 23.4 Å². The number of benzene rings is 1. The highest BCUT2D eigenvalue weighted by atomic mass is 16.5. The fourth-order valence-electron chi connectivity index (χ4n) is 1.97. The second-order valence-corrected chi connectivity index (χ2v) is 4.39. The maximum Gasteiger partial charge on any atom is 0.119 e. The van der Waals surface area contributed by atoms with Crippen LogP contribution in [0.25, 0.3) is 0 Å². The number of aromatic nitrogens is 1. The molecule has 94 valence electrons. The van der Waals surface area contributed by atoms with Gasteiger partial charge in [-0.15, -0.1) is 0 Å². The van der Waals surface area contributed by atoms with Gasteiger partial charge in [0.25, 0.3) is 0 Å². The van der Waals surface area contributed by atoms with Crippen molar-refractivity contribution in [2.24, 2.45) is 5.73 Å². The molecule has 0 fully saturated rings. The fraction of sp³-hybridized carbons (Fsp3) is 0.267. The van der Waals surface area contributed by atoms with Crippen LogP contribution in [0.5, 0.6) is 5.75 Å². The first kappa shape index (κ1) is 12.6. The number of ether oxygens (including phenoxy) is 1. The Bertz CT molecular complexity index is 525. The Morgan fingerprint density at radius 3 is 2.83 bits per heavy atom. The maximum atomic E-state index is 6.22. The molecule has 1 atom stereocenters. The zero-order chi connectivity index (χ0) is 13.0. The monoisotopic (exact) mass is 242 g/mol. The van der Waals surface area contributed by atoms with Crippen molar-refractivity contribution in [1.82, 2.24) is 4.98 Å². The summed E-state index contributed by atoms with van der Waals surface area (Å²) >= 11 is 0. The van der Waals surface area contributed by atoms with Crippen LogP contribution in [0.4, 0.5) is 0 Å². The average Bonchev–Trinajstić information content (AvgIpc) is 2.39. The molecule has 1 aromatic carbocycles.